The second-order valence-corrected chi connectivity index (χ2v) is 6.44. The summed E-state index contributed by atoms with van der Waals surface area (Å²) in [4.78, 5) is 13.7. The summed E-state index contributed by atoms with van der Waals surface area (Å²) in [6.07, 6.45) is 4.64. The molecule has 24 heavy (non-hydrogen) atoms. The van der Waals surface area contributed by atoms with Crippen molar-refractivity contribution >= 4 is 5.82 Å². The molecule has 0 radical (unpaired) electrons. The Bertz CT molecular complexity index is 675. The van der Waals surface area contributed by atoms with Gasteiger partial charge in [-0.15, -0.1) is 0 Å². The number of aromatic nitrogens is 3. The predicted octanol–water partition coefficient (Wildman–Crippen LogP) is 1.74. The van der Waals surface area contributed by atoms with E-state index in [0.29, 0.717) is 17.8 Å². The van der Waals surface area contributed by atoms with E-state index < -0.39 is 0 Å². The fourth-order valence-corrected chi connectivity index (χ4v) is 3.44. The molecule has 2 aromatic rings. The molecule has 4 rings (SSSR count). The Kier molecular flexibility index (Phi) is 4.44. The van der Waals surface area contributed by atoms with Crippen LogP contribution in [0.15, 0.2) is 22.9 Å². The molecule has 0 spiro atoms. The number of anilines is 1. The third kappa shape index (κ3) is 3.27. The van der Waals surface area contributed by atoms with E-state index in [-0.39, 0.29) is 0 Å². The van der Waals surface area contributed by atoms with Gasteiger partial charge in [0.15, 0.2) is 5.82 Å². The smallest absolute Gasteiger partial charge is 0.261 e. The molecule has 7 heteroatoms. The van der Waals surface area contributed by atoms with Gasteiger partial charge in [0.05, 0.1) is 11.7 Å². The van der Waals surface area contributed by atoms with E-state index in [1.807, 2.05) is 25.3 Å². The van der Waals surface area contributed by atoms with Crippen molar-refractivity contribution in [3.05, 3.63) is 24.2 Å². The van der Waals surface area contributed by atoms with E-state index in [2.05, 4.69) is 24.9 Å². The maximum atomic E-state index is 5.75. The van der Waals surface area contributed by atoms with Crippen molar-refractivity contribution in [2.75, 3.05) is 44.2 Å². The summed E-state index contributed by atoms with van der Waals surface area (Å²) in [6, 6.07) is 3.90. The van der Waals surface area contributed by atoms with Gasteiger partial charge in [-0.1, -0.05) is 5.16 Å². The molecule has 4 heterocycles. The third-order valence-electron chi connectivity index (χ3n) is 4.70. The fourth-order valence-electron chi connectivity index (χ4n) is 3.44. The molecule has 0 saturated carbocycles. The lowest BCUT2D eigenvalue weighted by molar-refractivity contribution is 0.0712. The lowest BCUT2D eigenvalue weighted by Crippen LogP contribution is -2.48. The van der Waals surface area contributed by atoms with Gasteiger partial charge in [-0.2, -0.15) is 4.98 Å². The maximum Gasteiger partial charge on any atom is 0.261 e. The first-order valence-corrected chi connectivity index (χ1v) is 8.64. The Labute approximate surface area is 141 Å². The average molecular weight is 329 g/mol. The molecule has 2 fully saturated rings. The minimum absolute atomic E-state index is 0.420. The number of rotatable bonds is 4. The summed E-state index contributed by atoms with van der Waals surface area (Å²) in [7, 11) is 0. The van der Waals surface area contributed by atoms with Crippen molar-refractivity contribution in [2.45, 2.75) is 25.9 Å². The number of hydrogen-bond acceptors (Lipinski definition) is 7. The number of ether oxygens (including phenoxy) is 1. The van der Waals surface area contributed by atoms with E-state index in [0.717, 1.165) is 50.7 Å². The number of hydrogen-bond donors (Lipinski definition) is 0. The van der Waals surface area contributed by atoms with Crippen LogP contribution < -0.4 is 4.90 Å². The van der Waals surface area contributed by atoms with Crippen LogP contribution in [0.3, 0.4) is 0 Å². The van der Waals surface area contributed by atoms with Crippen molar-refractivity contribution in [1.82, 2.24) is 20.0 Å². The van der Waals surface area contributed by atoms with E-state index in [1.165, 1.54) is 12.8 Å². The van der Waals surface area contributed by atoms with Gasteiger partial charge in [-0.05, 0) is 31.9 Å². The zero-order valence-electron chi connectivity index (χ0n) is 14.0. The summed E-state index contributed by atoms with van der Waals surface area (Å²) >= 11 is 0. The van der Waals surface area contributed by atoms with Crippen molar-refractivity contribution < 1.29 is 9.26 Å². The molecule has 0 amide bonds. The molecule has 0 unspecified atom stereocenters. The number of aryl methyl sites for hydroxylation is 1. The van der Waals surface area contributed by atoms with Crippen LogP contribution in [0.1, 0.15) is 18.7 Å². The fraction of sp³-hybridized carbons (Fsp3) is 0.588. The lowest BCUT2D eigenvalue weighted by Gasteiger charge is -2.36. The standard InChI is InChI=1S/C17H23N5O2/c1-13-19-17(24-20-13)15-5-2-6-18-16(15)22-9-7-21(8-10-22)12-14-4-3-11-23-14/h2,5-6,14H,3-4,7-12H2,1H3/t14-/m1/s1. The highest BCUT2D eigenvalue weighted by Crippen LogP contribution is 2.28. The van der Waals surface area contributed by atoms with Crippen molar-refractivity contribution in [3.8, 4) is 11.5 Å². The molecule has 1 atom stereocenters. The first-order valence-electron chi connectivity index (χ1n) is 8.64. The number of nitrogens with zero attached hydrogens (tertiary/aromatic N) is 5. The monoisotopic (exact) mass is 329 g/mol. The zero-order chi connectivity index (χ0) is 16.4. The van der Waals surface area contributed by atoms with Crippen LogP contribution >= 0.6 is 0 Å². The minimum Gasteiger partial charge on any atom is -0.377 e. The van der Waals surface area contributed by atoms with Gasteiger partial charge < -0.3 is 14.2 Å². The molecule has 2 saturated heterocycles. The summed E-state index contributed by atoms with van der Waals surface area (Å²) in [6.45, 7) is 7.75. The van der Waals surface area contributed by atoms with Gasteiger partial charge in [-0.25, -0.2) is 4.98 Å². The van der Waals surface area contributed by atoms with Gasteiger partial charge in [0.1, 0.15) is 5.82 Å². The van der Waals surface area contributed by atoms with E-state index in [9.17, 15) is 0 Å². The van der Waals surface area contributed by atoms with Crippen LogP contribution in [0.4, 0.5) is 5.82 Å². The van der Waals surface area contributed by atoms with Crippen LogP contribution in [0, 0.1) is 6.92 Å². The third-order valence-corrected chi connectivity index (χ3v) is 4.70. The minimum atomic E-state index is 0.420. The second-order valence-electron chi connectivity index (χ2n) is 6.44. The zero-order valence-corrected chi connectivity index (χ0v) is 14.0. The normalized spacial score (nSPS) is 22.2. The molecule has 0 aromatic carbocycles. The van der Waals surface area contributed by atoms with Crippen molar-refractivity contribution in [3.63, 3.8) is 0 Å². The quantitative estimate of drug-likeness (QED) is 0.846. The molecule has 0 aliphatic carbocycles. The lowest BCUT2D eigenvalue weighted by atomic mass is 10.2. The van der Waals surface area contributed by atoms with Crippen LogP contribution in [-0.4, -0.2) is 65.5 Å². The molecular formula is C17H23N5O2. The summed E-state index contributed by atoms with van der Waals surface area (Å²) in [5.74, 6) is 2.11. The molecule has 2 aromatic heterocycles. The molecule has 2 aliphatic heterocycles. The Morgan fingerprint density at radius 2 is 2.12 bits per heavy atom. The maximum absolute atomic E-state index is 5.75. The largest absolute Gasteiger partial charge is 0.377 e. The van der Waals surface area contributed by atoms with Gasteiger partial charge in [-0.3, -0.25) is 4.90 Å². The second kappa shape index (κ2) is 6.86. The highest BCUT2D eigenvalue weighted by molar-refractivity contribution is 5.69. The van der Waals surface area contributed by atoms with E-state index >= 15 is 0 Å². The SMILES string of the molecule is Cc1noc(-c2cccnc2N2CCN(C[C@H]3CCCO3)CC2)n1. The van der Waals surface area contributed by atoms with E-state index in [4.69, 9.17) is 9.26 Å². The van der Waals surface area contributed by atoms with Crippen LogP contribution in [0.5, 0.6) is 0 Å². The molecule has 0 N–H and O–H groups in total. The molecule has 2 aliphatic rings. The first kappa shape index (κ1) is 15.5. The van der Waals surface area contributed by atoms with Crippen LogP contribution in [-0.2, 0) is 4.74 Å². The van der Waals surface area contributed by atoms with Crippen LogP contribution in [0.2, 0.25) is 0 Å². The molecule has 0 bridgehead atoms. The summed E-state index contributed by atoms with van der Waals surface area (Å²) in [5, 5.41) is 3.89. The summed E-state index contributed by atoms with van der Waals surface area (Å²) in [5.41, 5.74) is 0.908. The topological polar surface area (TPSA) is 67.5 Å². The predicted molar refractivity (Wildman–Crippen MR) is 89.9 cm³/mol. The molecule has 128 valence electrons. The Morgan fingerprint density at radius 1 is 1.25 bits per heavy atom. The highest BCUT2D eigenvalue weighted by atomic mass is 16.5. The van der Waals surface area contributed by atoms with Gasteiger partial charge in [0, 0.05) is 45.5 Å². The van der Waals surface area contributed by atoms with Crippen LogP contribution in [0.25, 0.3) is 11.5 Å². The Balaban J connectivity index is 1.44. The van der Waals surface area contributed by atoms with Gasteiger partial charge in [0.2, 0.25) is 0 Å². The van der Waals surface area contributed by atoms with Crippen molar-refractivity contribution in [2.24, 2.45) is 0 Å². The first-order chi connectivity index (χ1) is 11.8. The highest BCUT2D eigenvalue weighted by Gasteiger charge is 2.25. The molecular weight excluding hydrogens is 306 g/mol. The van der Waals surface area contributed by atoms with E-state index in [1.54, 1.807) is 0 Å². The van der Waals surface area contributed by atoms with Gasteiger partial charge in [0.25, 0.3) is 5.89 Å². The Morgan fingerprint density at radius 3 is 2.83 bits per heavy atom. The number of pyridine rings is 1. The number of piperazine rings is 1. The Hall–Kier alpha value is -1.99. The summed E-state index contributed by atoms with van der Waals surface area (Å²) < 4.78 is 11.1. The average Bonchev–Trinajstić information content (AvgIpc) is 3.27. The van der Waals surface area contributed by atoms with Gasteiger partial charge >= 0.3 is 0 Å². The van der Waals surface area contributed by atoms with Crippen molar-refractivity contribution in [1.29, 1.82) is 0 Å². The molecule has 7 nitrogen and oxygen atoms in total.